The highest BCUT2D eigenvalue weighted by Gasteiger charge is 2.14. The lowest BCUT2D eigenvalue weighted by Crippen LogP contribution is -1.85. The molecular weight excluding hydrogens is 207 g/mol. The van der Waals surface area contributed by atoms with Crippen LogP contribution in [-0.4, -0.2) is 10.2 Å². The van der Waals surface area contributed by atoms with Crippen molar-refractivity contribution in [1.82, 2.24) is 10.2 Å². The lowest BCUT2D eigenvalue weighted by molar-refractivity contribution is 0.526. The van der Waals surface area contributed by atoms with Crippen LogP contribution in [0.25, 0.3) is 11.5 Å². The van der Waals surface area contributed by atoms with E-state index in [1.165, 1.54) is 12.1 Å². The molecule has 1 aromatic carbocycles. The van der Waals surface area contributed by atoms with E-state index in [0.29, 0.717) is 5.89 Å². The molecule has 0 unspecified atom stereocenters. The van der Waals surface area contributed by atoms with Crippen LogP contribution in [0.4, 0.5) is 4.39 Å². The Morgan fingerprint density at radius 1 is 1.36 bits per heavy atom. The lowest BCUT2D eigenvalue weighted by Gasteiger charge is -1.99. The van der Waals surface area contributed by atoms with E-state index in [-0.39, 0.29) is 16.5 Å². The molecule has 0 aliphatic heterocycles. The van der Waals surface area contributed by atoms with Crippen molar-refractivity contribution in [2.45, 2.75) is 6.92 Å². The van der Waals surface area contributed by atoms with Gasteiger partial charge in [-0.05, 0) is 12.1 Å². The van der Waals surface area contributed by atoms with Crippen LogP contribution in [0, 0.1) is 12.7 Å². The third kappa shape index (κ3) is 1.48. The molecule has 0 atom stereocenters. The highest BCUT2D eigenvalue weighted by Crippen LogP contribution is 2.29. The maximum atomic E-state index is 13.3. The van der Waals surface area contributed by atoms with Crippen molar-refractivity contribution in [3.05, 3.63) is 34.9 Å². The smallest absolute Gasteiger partial charge is 0.252 e. The van der Waals surface area contributed by atoms with Gasteiger partial charge in [-0.1, -0.05) is 17.7 Å². The van der Waals surface area contributed by atoms with E-state index in [9.17, 15) is 4.39 Å². The van der Waals surface area contributed by atoms with Crippen LogP contribution < -0.4 is 0 Å². The predicted molar refractivity (Wildman–Crippen MR) is 49.4 cm³/mol. The molecule has 0 aliphatic carbocycles. The first kappa shape index (κ1) is 9.15. The summed E-state index contributed by atoms with van der Waals surface area (Å²) >= 11 is 5.81. The van der Waals surface area contributed by atoms with Gasteiger partial charge in [0.1, 0.15) is 5.82 Å². The average Bonchev–Trinajstić information content (AvgIpc) is 2.51. The zero-order chi connectivity index (χ0) is 10.1. The van der Waals surface area contributed by atoms with Gasteiger partial charge in [-0.15, -0.1) is 10.2 Å². The highest BCUT2D eigenvalue weighted by atomic mass is 35.5. The molecule has 0 spiro atoms. The average molecular weight is 213 g/mol. The summed E-state index contributed by atoms with van der Waals surface area (Å²) in [7, 11) is 0. The molecule has 0 radical (unpaired) electrons. The standard InChI is InChI=1S/C9H6ClFN2O/c1-5-12-13-9(14-5)8-6(10)3-2-4-7(8)11/h2-4H,1H3. The Balaban J connectivity index is 2.61. The van der Waals surface area contributed by atoms with Crippen LogP contribution in [0.1, 0.15) is 5.89 Å². The van der Waals surface area contributed by atoms with Gasteiger partial charge in [0, 0.05) is 6.92 Å². The van der Waals surface area contributed by atoms with Crippen LogP contribution in [-0.2, 0) is 0 Å². The SMILES string of the molecule is Cc1nnc(-c2c(F)cccc2Cl)o1. The van der Waals surface area contributed by atoms with E-state index in [1.807, 2.05) is 0 Å². The molecule has 14 heavy (non-hydrogen) atoms. The van der Waals surface area contributed by atoms with Gasteiger partial charge < -0.3 is 4.42 Å². The molecule has 0 aliphatic rings. The first-order valence-corrected chi connectivity index (χ1v) is 4.31. The van der Waals surface area contributed by atoms with Gasteiger partial charge >= 0.3 is 0 Å². The van der Waals surface area contributed by atoms with Crippen molar-refractivity contribution in [2.75, 3.05) is 0 Å². The second-order valence-electron chi connectivity index (χ2n) is 2.72. The first-order valence-electron chi connectivity index (χ1n) is 3.93. The monoisotopic (exact) mass is 212 g/mol. The number of rotatable bonds is 1. The van der Waals surface area contributed by atoms with Crippen LogP contribution in [0.5, 0.6) is 0 Å². The molecule has 72 valence electrons. The zero-order valence-corrected chi connectivity index (χ0v) is 8.05. The van der Waals surface area contributed by atoms with Gasteiger partial charge in [-0.2, -0.15) is 0 Å². The minimum absolute atomic E-state index is 0.102. The number of hydrogen-bond acceptors (Lipinski definition) is 3. The Kier molecular flexibility index (Phi) is 2.21. The van der Waals surface area contributed by atoms with E-state index in [1.54, 1.807) is 13.0 Å². The molecule has 3 nitrogen and oxygen atoms in total. The lowest BCUT2D eigenvalue weighted by atomic mass is 10.2. The number of benzene rings is 1. The van der Waals surface area contributed by atoms with Crippen molar-refractivity contribution in [3.63, 3.8) is 0 Å². The molecule has 0 bridgehead atoms. The summed E-state index contributed by atoms with van der Waals surface area (Å²) in [5.74, 6) is 0.00562. The van der Waals surface area contributed by atoms with Gasteiger partial charge in [-0.3, -0.25) is 0 Å². The summed E-state index contributed by atoms with van der Waals surface area (Å²) < 4.78 is 18.4. The van der Waals surface area contributed by atoms with E-state index < -0.39 is 5.82 Å². The van der Waals surface area contributed by atoms with E-state index in [2.05, 4.69) is 10.2 Å². The van der Waals surface area contributed by atoms with Crippen molar-refractivity contribution < 1.29 is 8.81 Å². The molecule has 2 aromatic rings. The summed E-state index contributed by atoms with van der Waals surface area (Å²) in [6.07, 6.45) is 0. The second-order valence-corrected chi connectivity index (χ2v) is 3.13. The Morgan fingerprint density at radius 2 is 2.14 bits per heavy atom. The molecule has 1 aromatic heterocycles. The summed E-state index contributed by atoms with van der Waals surface area (Å²) in [6, 6.07) is 4.38. The third-order valence-electron chi connectivity index (χ3n) is 1.70. The van der Waals surface area contributed by atoms with Crippen molar-refractivity contribution >= 4 is 11.6 Å². The molecule has 2 rings (SSSR count). The van der Waals surface area contributed by atoms with Crippen LogP contribution in [0.3, 0.4) is 0 Å². The molecule has 0 N–H and O–H groups in total. The maximum Gasteiger partial charge on any atom is 0.252 e. The minimum Gasteiger partial charge on any atom is -0.421 e. The Bertz CT molecular complexity index is 449. The third-order valence-corrected chi connectivity index (χ3v) is 2.02. The number of halogens is 2. The Labute approximate surface area is 84.5 Å². The van der Waals surface area contributed by atoms with Crippen molar-refractivity contribution in [2.24, 2.45) is 0 Å². The largest absolute Gasteiger partial charge is 0.421 e. The van der Waals surface area contributed by atoms with E-state index >= 15 is 0 Å². The molecule has 5 heteroatoms. The molecule has 0 saturated carbocycles. The summed E-state index contributed by atoms with van der Waals surface area (Å²) in [4.78, 5) is 0. The number of nitrogens with zero attached hydrogens (tertiary/aromatic N) is 2. The molecule has 1 heterocycles. The zero-order valence-electron chi connectivity index (χ0n) is 7.29. The highest BCUT2D eigenvalue weighted by molar-refractivity contribution is 6.33. The quantitative estimate of drug-likeness (QED) is 0.730. The Hall–Kier alpha value is -1.42. The topological polar surface area (TPSA) is 38.9 Å². The fourth-order valence-electron chi connectivity index (χ4n) is 1.10. The van der Waals surface area contributed by atoms with Gasteiger partial charge in [0.2, 0.25) is 5.89 Å². The van der Waals surface area contributed by atoms with E-state index in [4.69, 9.17) is 16.0 Å². The van der Waals surface area contributed by atoms with Crippen LogP contribution in [0.2, 0.25) is 5.02 Å². The molecule has 0 amide bonds. The van der Waals surface area contributed by atoms with Gasteiger partial charge in [0.05, 0.1) is 10.6 Å². The van der Waals surface area contributed by atoms with Crippen molar-refractivity contribution in [3.8, 4) is 11.5 Å². The normalized spacial score (nSPS) is 10.5. The predicted octanol–water partition coefficient (Wildman–Crippen LogP) is 2.84. The Morgan fingerprint density at radius 3 is 2.71 bits per heavy atom. The van der Waals surface area contributed by atoms with Gasteiger partial charge in [0.15, 0.2) is 0 Å². The number of aryl methyl sites for hydroxylation is 1. The summed E-state index contributed by atoms with van der Waals surface area (Å²) in [5, 5.41) is 7.56. The van der Waals surface area contributed by atoms with E-state index in [0.717, 1.165) is 0 Å². The summed E-state index contributed by atoms with van der Waals surface area (Å²) in [5.41, 5.74) is 0.148. The number of hydrogen-bond donors (Lipinski definition) is 0. The second kappa shape index (κ2) is 3.38. The van der Waals surface area contributed by atoms with Crippen LogP contribution in [0.15, 0.2) is 22.6 Å². The minimum atomic E-state index is -0.471. The first-order chi connectivity index (χ1) is 6.68. The van der Waals surface area contributed by atoms with Gasteiger partial charge in [0.25, 0.3) is 5.89 Å². The van der Waals surface area contributed by atoms with Gasteiger partial charge in [-0.25, -0.2) is 4.39 Å². The maximum absolute atomic E-state index is 13.3. The van der Waals surface area contributed by atoms with Crippen molar-refractivity contribution in [1.29, 1.82) is 0 Å². The van der Waals surface area contributed by atoms with Crippen LogP contribution >= 0.6 is 11.6 Å². The fraction of sp³-hybridized carbons (Fsp3) is 0.111. The summed E-state index contributed by atoms with van der Waals surface area (Å²) in [6.45, 7) is 1.63. The molecular formula is C9H6ClFN2O. The molecule has 0 fully saturated rings. The number of aromatic nitrogens is 2. The fourth-order valence-corrected chi connectivity index (χ4v) is 1.34. The molecule has 0 saturated heterocycles.